The van der Waals surface area contributed by atoms with Gasteiger partial charge in [-0.05, 0) is 40.3 Å². The van der Waals surface area contributed by atoms with Crippen molar-refractivity contribution in [3.05, 3.63) is 0 Å². The summed E-state index contributed by atoms with van der Waals surface area (Å²) in [4.78, 5) is 0. The van der Waals surface area contributed by atoms with Crippen molar-refractivity contribution in [2.75, 3.05) is 13.3 Å². The van der Waals surface area contributed by atoms with Crippen LogP contribution < -0.4 is 0 Å². The lowest BCUT2D eigenvalue weighted by Gasteiger charge is -2.35. The van der Waals surface area contributed by atoms with Crippen LogP contribution in [-0.4, -0.2) is 30.0 Å². The molecule has 0 aliphatic carbocycles. The number of rotatable bonds is 7. The second kappa shape index (κ2) is 7.60. The van der Waals surface area contributed by atoms with Gasteiger partial charge in [0.1, 0.15) is 8.30 Å². The molecule has 0 radical (unpaired) electrons. The average Bonchev–Trinajstić information content (AvgIpc) is 2.12. The number of nitrogens with zero attached hydrogens (tertiary/aromatic N) is 1. The van der Waals surface area contributed by atoms with Gasteiger partial charge in [0.05, 0.1) is 6.61 Å². The molecule has 15 heavy (non-hydrogen) atoms. The predicted molar refractivity (Wildman–Crippen MR) is 70.4 cm³/mol. The molecule has 0 heterocycles. The van der Waals surface area contributed by atoms with Crippen molar-refractivity contribution in [1.29, 1.82) is 0 Å². The second-order valence-electron chi connectivity index (χ2n) is 4.84. The van der Waals surface area contributed by atoms with Crippen molar-refractivity contribution in [2.24, 2.45) is 5.92 Å². The van der Waals surface area contributed by atoms with Crippen LogP contribution in [0.3, 0.4) is 0 Å². The van der Waals surface area contributed by atoms with Crippen molar-refractivity contribution in [3.63, 3.8) is 0 Å². The van der Waals surface area contributed by atoms with E-state index in [1.54, 1.807) is 0 Å². The van der Waals surface area contributed by atoms with E-state index in [1.807, 2.05) is 0 Å². The molecule has 2 unspecified atom stereocenters. The zero-order valence-electron chi connectivity index (χ0n) is 11.4. The standard InChI is InChI=1S/C12H28NOP/c1-8-12(6)9-14-15(7)13(10(2)3)11(4)5/h10-12H,8-9H2,1-7H3. The van der Waals surface area contributed by atoms with E-state index in [4.69, 9.17) is 4.52 Å². The van der Waals surface area contributed by atoms with E-state index < -0.39 is 8.30 Å². The Morgan fingerprint density at radius 1 is 1.07 bits per heavy atom. The molecule has 0 amide bonds. The molecule has 0 aromatic carbocycles. The van der Waals surface area contributed by atoms with E-state index >= 15 is 0 Å². The Kier molecular flexibility index (Phi) is 7.77. The van der Waals surface area contributed by atoms with E-state index in [0.29, 0.717) is 18.0 Å². The average molecular weight is 233 g/mol. The zero-order chi connectivity index (χ0) is 12.0. The molecule has 0 aromatic heterocycles. The van der Waals surface area contributed by atoms with Crippen molar-refractivity contribution in [1.82, 2.24) is 4.67 Å². The highest BCUT2D eigenvalue weighted by atomic mass is 31.2. The van der Waals surface area contributed by atoms with Gasteiger partial charge in [-0.15, -0.1) is 0 Å². The van der Waals surface area contributed by atoms with Gasteiger partial charge in [-0.1, -0.05) is 20.3 Å². The maximum Gasteiger partial charge on any atom is 0.101 e. The first-order valence-corrected chi connectivity index (χ1v) is 7.70. The molecule has 3 heteroatoms. The molecule has 0 fully saturated rings. The fourth-order valence-corrected chi connectivity index (χ4v) is 3.57. The van der Waals surface area contributed by atoms with Crippen LogP contribution in [0.25, 0.3) is 0 Å². The zero-order valence-corrected chi connectivity index (χ0v) is 12.3. The van der Waals surface area contributed by atoms with E-state index in [-0.39, 0.29) is 0 Å². The van der Waals surface area contributed by atoms with Gasteiger partial charge >= 0.3 is 0 Å². The molecule has 0 aliphatic rings. The Bertz CT molecular complexity index is 154. The van der Waals surface area contributed by atoms with Crippen molar-refractivity contribution in [3.8, 4) is 0 Å². The van der Waals surface area contributed by atoms with Crippen LogP contribution in [0.2, 0.25) is 0 Å². The fraction of sp³-hybridized carbons (Fsp3) is 1.00. The monoisotopic (exact) mass is 233 g/mol. The van der Waals surface area contributed by atoms with Crippen LogP contribution >= 0.6 is 8.30 Å². The third kappa shape index (κ3) is 5.85. The molecule has 2 atom stereocenters. The van der Waals surface area contributed by atoms with E-state index in [2.05, 4.69) is 52.9 Å². The van der Waals surface area contributed by atoms with Gasteiger partial charge in [0.15, 0.2) is 0 Å². The summed E-state index contributed by atoms with van der Waals surface area (Å²) in [6.45, 7) is 16.5. The Hall–Kier alpha value is 0.350. The molecule has 0 spiro atoms. The molecule has 92 valence electrons. The van der Waals surface area contributed by atoms with Gasteiger partial charge in [-0.2, -0.15) is 0 Å². The Morgan fingerprint density at radius 2 is 1.53 bits per heavy atom. The van der Waals surface area contributed by atoms with Crippen molar-refractivity contribution >= 4 is 8.30 Å². The number of hydrogen-bond donors (Lipinski definition) is 0. The molecule has 0 aromatic rings. The Morgan fingerprint density at radius 3 is 1.87 bits per heavy atom. The molecular weight excluding hydrogens is 205 g/mol. The summed E-state index contributed by atoms with van der Waals surface area (Å²) in [5.41, 5.74) is 0. The topological polar surface area (TPSA) is 12.5 Å². The third-order valence-electron chi connectivity index (χ3n) is 2.63. The minimum atomic E-state index is -0.428. The predicted octanol–water partition coefficient (Wildman–Crippen LogP) is 4.11. The Labute approximate surface area is 97.3 Å². The molecule has 0 N–H and O–H groups in total. The van der Waals surface area contributed by atoms with Crippen LogP contribution in [0.15, 0.2) is 0 Å². The molecule has 0 aliphatic heterocycles. The highest BCUT2D eigenvalue weighted by Gasteiger charge is 2.21. The molecule has 0 bridgehead atoms. The summed E-state index contributed by atoms with van der Waals surface area (Å²) in [7, 11) is -0.428. The van der Waals surface area contributed by atoms with Gasteiger partial charge in [0, 0.05) is 12.1 Å². The summed E-state index contributed by atoms with van der Waals surface area (Å²) in [6.07, 6.45) is 1.20. The fourth-order valence-electron chi connectivity index (χ4n) is 1.67. The number of hydrogen-bond acceptors (Lipinski definition) is 2. The SMILES string of the molecule is CCC(C)COP(C)N(C(C)C)C(C)C. The maximum atomic E-state index is 5.97. The van der Waals surface area contributed by atoms with Gasteiger partial charge in [0.25, 0.3) is 0 Å². The molecule has 0 rings (SSSR count). The minimum Gasteiger partial charge on any atom is -0.344 e. The molecule has 2 nitrogen and oxygen atoms in total. The van der Waals surface area contributed by atoms with Crippen molar-refractivity contribution < 1.29 is 4.52 Å². The first-order chi connectivity index (χ1) is 6.90. The normalized spacial score (nSPS) is 16.4. The Balaban J connectivity index is 4.09. The highest BCUT2D eigenvalue weighted by molar-refractivity contribution is 7.49. The first kappa shape index (κ1) is 15.3. The lowest BCUT2D eigenvalue weighted by molar-refractivity contribution is 0.228. The summed E-state index contributed by atoms with van der Waals surface area (Å²) in [5.74, 6) is 0.677. The van der Waals surface area contributed by atoms with Crippen LogP contribution in [0, 0.1) is 5.92 Å². The third-order valence-corrected chi connectivity index (χ3v) is 4.72. The van der Waals surface area contributed by atoms with E-state index in [0.717, 1.165) is 6.61 Å². The first-order valence-electron chi connectivity index (χ1n) is 6.05. The van der Waals surface area contributed by atoms with Gasteiger partial charge < -0.3 is 4.52 Å². The quantitative estimate of drug-likeness (QED) is 0.613. The minimum absolute atomic E-state index is 0.428. The summed E-state index contributed by atoms with van der Waals surface area (Å²) < 4.78 is 8.44. The molecule has 0 saturated heterocycles. The smallest absolute Gasteiger partial charge is 0.101 e. The van der Waals surface area contributed by atoms with Gasteiger partial charge in [-0.3, -0.25) is 4.67 Å². The van der Waals surface area contributed by atoms with Crippen LogP contribution in [-0.2, 0) is 4.52 Å². The molecular formula is C12H28NOP. The summed E-state index contributed by atoms with van der Waals surface area (Å²) in [5, 5.41) is 0. The van der Waals surface area contributed by atoms with Gasteiger partial charge in [-0.25, -0.2) is 0 Å². The van der Waals surface area contributed by atoms with E-state index in [9.17, 15) is 0 Å². The van der Waals surface area contributed by atoms with Crippen LogP contribution in [0.1, 0.15) is 48.0 Å². The van der Waals surface area contributed by atoms with Crippen molar-refractivity contribution in [2.45, 2.75) is 60.0 Å². The summed E-state index contributed by atoms with van der Waals surface area (Å²) in [6, 6.07) is 1.14. The summed E-state index contributed by atoms with van der Waals surface area (Å²) >= 11 is 0. The van der Waals surface area contributed by atoms with Crippen LogP contribution in [0.5, 0.6) is 0 Å². The van der Waals surface area contributed by atoms with Gasteiger partial charge in [0.2, 0.25) is 0 Å². The van der Waals surface area contributed by atoms with Crippen LogP contribution in [0.4, 0.5) is 0 Å². The molecule has 0 saturated carbocycles. The maximum absolute atomic E-state index is 5.97. The van der Waals surface area contributed by atoms with E-state index in [1.165, 1.54) is 6.42 Å². The second-order valence-corrected chi connectivity index (χ2v) is 6.49. The lowest BCUT2D eigenvalue weighted by Crippen LogP contribution is -2.32. The highest BCUT2D eigenvalue weighted by Crippen LogP contribution is 2.41. The largest absolute Gasteiger partial charge is 0.344 e. The lowest BCUT2D eigenvalue weighted by atomic mass is 10.1.